The number of carbonyl (C=O) groups is 1. The summed E-state index contributed by atoms with van der Waals surface area (Å²) in [7, 11) is 0. The number of alkyl carbamates (subject to hydrolysis) is 1. The smallest absolute Gasteiger partial charge is 0.439 e. The number of ether oxygens (including phenoxy) is 1. The minimum absolute atomic E-state index is 0.202. The van der Waals surface area contributed by atoms with E-state index in [0.717, 1.165) is 29.1 Å². The van der Waals surface area contributed by atoms with Crippen molar-refractivity contribution in [1.29, 1.82) is 0 Å². The molecule has 12 heteroatoms. The SMILES string of the molecule is CC(C)(C)OC(=O)NC1CCN(c2ccc(-c3noc(=O)[nH]3)c(Cl)c2)c2ccc(-c3ccc(C(F)(F)F)cc3)cc21. The number of anilines is 2. The fourth-order valence-electron chi connectivity index (χ4n) is 4.72. The molecule has 1 aromatic heterocycles. The molecule has 0 bridgehead atoms. The first-order valence-corrected chi connectivity index (χ1v) is 13.1. The van der Waals surface area contributed by atoms with E-state index in [4.69, 9.17) is 16.3 Å². The summed E-state index contributed by atoms with van der Waals surface area (Å²) < 4.78 is 49.4. The van der Waals surface area contributed by atoms with Gasteiger partial charge < -0.3 is 15.0 Å². The maximum absolute atomic E-state index is 13.1. The van der Waals surface area contributed by atoms with Crippen LogP contribution in [0.1, 0.15) is 44.4 Å². The van der Waals surface area contributed by atoms with Crippen molar-refractivity contribution in [2.45, 2.75) is 45.0 Å². The van der Waals surface area contributed by atoms with Crippen LogP contribution in [-0.2, 0) is 10.9 Å². The van der Waals surface area contributed by atoms with Crippen LogP contribution in [0.4, 0.5) is 29.3 Å². The number of hydrogen-bond donors (Lipinski definition) is 2. The van der Waals surface area contributed by atoms with E-state index in [1.807, 2.05) is 29.2 Å². The molecule has 8 nitrogen and oxygen atoms in total. The van der Waals surface area contributed by atoms with Gasteiger partial charge in [-0.15, -0.1) is 0 Å². The Kier molecular flexibility index (Phi) is 7.33. The highest BCUT2D eigenvalue weighted by atomic mass is 35.5. The lowest BCUT2D eigenvalue weighted by Gasteiger charge is -2.37. The van der Waals surface area contributed by atoms with Crippen LogP contribution in [0.2, 0.25) is 5.02 Å². The van der Waals surface area contributed by atoms with Crippen LogP contribution in [0.5, 0.6) is 0 Å². The van der Waals surface area contributed by atoms with E-state index in [0.29, 0.717) is 34.7 Å². The predicted molar refractivity (Wildman–Crippen MR) is 148 cm³/mol. The Hall–Kier alpha value is -4.25. The van der Waals surface area contributed by atoms with Gasteiger partial charge in [-0.3, -0.25) is 9.51 Å². The van der Waals surface area contributed by atoms with E-state index in [2.05, 4.69) is 20.0 Å². The van der Waals surface area contributed by atoms with E-state index in [9.17, 15) is 22.8 Å². The first kappa shape index (κ1) is 28.3. The molecule has 1 aliphatic heterocycles. The molecule has 2 heterocycles. The van der Waals surface area contributed by atoms with Crippen molar-refractivity contribution in [3.05, 3.63) is 87.4 Å². The maximum atomic E-state index is 13.1. The summed E-state index contributed by atoms with van der Waals surface area (Å²) in [6, 6.07) is 15.3. The van der Waals surface area contributed by atoms with E-state index in [1.54, 1.807) is 32.9 Å². The molecule has 5 rings (SSSR count). The number of alkyl halides is 3. The van der Waals surface area contributed by atoms with Gasteiger partial charge in [0.1, 0.15) is 5.60 Å². The normalized spacial score (nSPS) is 15.4. The molecule has 214 valence electrons. The van der Waals surface area contributed by atoms with Gasteiger partial charge in [-0.1, -0.05) is 35.0 Å². The lowest BCUT2D eigenvalue weighted by Crippen LogP contribution is -2.39. The molecular formula is C29H26ClF3N4O4. The third-order valence-corrected chi connectivity index (χ3v) is 6.84. The van der Waals surface area contributed by atoms with Gasteiger partial charge in [0.2, 0.25) is 0 Å². The second-order valence-electron chi connectivity index (χ2n) is 10.6. The molecule has 0 aliphatic carbocycles. The summed E-state index contributed by atoms with van der Waals surface area (Å²) in [5.41, 5.74) is 2.66. The molecule has 1 aliphatic rings. The molecule has 0 spiro atoms. The number of nitrogens with one attached hydrogen (secondary N) is 2. The van der Waals surface area contributed by atoms with Gasteiger partial charge in [0.15, 0.2) is 5.82 Å². The maximum Gasteiger partial charge on any atom is 0.439 e. The van der Waals surface area contributed by atoms with Crippen molar-refractivity contribution in [2.75, 3.05) is 11.4 Å². The quantitative estimate of drug-likeness (QED) is 0.257. The summed E-state index contributed by atoms with van der Waals surface area (Å²) >= 11 is 6.54. The predicted octanol–water partition coefficient (Wildman–Crippen LogP) is 7.48. The number of amides is 1. The lowest BCUT2D eigenvalue weighted by atomic mass is 9.92. The van der Waals surface area contributed by atoms with Crippen molar-refractivity contribution in [3.63, 3.8) is 0 Å². The largest absolute Gasteiger partial charge is 0.444 e. The fourth-order valence-corrected chi connectivity index (χ4v) is 4.99. The number of nitrogens with zero attached hydrogens (tertiary/aromatic N) is 2. The number of carbonyl (C=O) groups excluding carboxylic acids is 1. The fraction of sp³-hybridized carbons (Fsp3) is 0.276. The first-order chi connectivity index (χ1) is 19.3. The Balaban J connectivity index is 1.52. The summed E-state index contributed by atoms with van der Waals surface area (Å²) in [6.45, 7) is 5.83. The van der Waals surface area contributed by atoms with Crippen LogP contribution in [-0.4, -0.2) is 28.4 Å². The van der Waals surface area contributed by atoms with Crippen molar-refractivity contribution < 1.29 is 27.2 Å². The van der Waals surface area contributed by atoms with E-state index in [1.165, 1.54) is 12.1 Å². The van der Waals surface area contributed by atoms with Crippen molar-refractivity contribution in [3.8, 4) is 22.5 Å². The Labute approximate surface area is 238 Å². The third kappa shape index (κ3) is 6.25. The number of fused-ring (bicyclic) bond motifs is 1. The van der Waals surface area contributed by atoms with Gasteiger partial charge >= 0.3 is 18.0 Å². The molecule has 3 aromatic carbocycles. The summed E-state index contributed by atoms with van der Waals surface area (Å²) in [4.78, 5) is 28.6. The zero-order valence-electron chi connectivity index (χ0n) is 22.3. The number of H-pyrrole nitrogens is 1. The topological polar surface area (TPSA) is 100 Å². The number of benzene rings is 3. The zero-order valence-corrected chi connectivity index (χ0v) is 23.1. The molecule has 41 heavy (non-hydrogen) atoms. The van der Waals surface area contributed by atoms with E-state index in [-0.39, 0.29) is 5.82 Å². The lowest BCUT2D eigenvalue weighted by molar-refractivity contribution is -0.137. The second kappa shape index (κ2) is 10.6. The number of aromatic amines is 1. The van der Waals surface area contributed by atoms with Crippen molar-refractivity contribution in [1.82, 2.24) is 15.5 Å². The molecule has 0 saturated carbocycles. The van der Waals surface area contributed by atoms with Gasteiger partial charge in [-0.25, -0.2) is 9.59 Å². The second-order valence-corrected chi connectivity index (χ2v) is 11.0. The first-order valence-electron chi connectivity index (χ1n) is 12.7. The van der Waals surface area contributed by atoms with Gasteiger partial charge in [0, 0.05) is 23.5 Å². The highest BCUT2D eigenvalue weighted by Gasteiger charge is 2.31. The van der Waals surface area contributed by atoms with Crippen LogP contribution in [0.3, 0.4) is 0 Å². The Morgan fingerprint density at radius 3 is 2.39 bits per heavy atom. The number of hydrogen-bond acceptors (Lipinski definition) is 6. The molecular weight excluding hydrogens is 561 g/mol. The summed E-state index contributed by atoms with van der Waals surface area (Å²) in [5, 5.41) is 6.97. The molecule has 2 N–H and O–H groups in total. The van der Waals surface area contributed by atoms with E-state index >= 15 is 0 Å². The Morgan fingerprint density at radius 1 is 1.07 bits per heavy atom. The summed E-state index contributed by atoms with van der Waals surface area (Å²) in [6.07, 6.45) is -4.49. The van der Waals surface area contributed by atoms with Crippen LogP contribution >= 0.6 is 11.6 Å². The van der Waals surface area contributed by atoms with E-state index < -0.39 is 35.2 Å². The highest BCUT2D eigenvalue weighted by Crippen LogP contribution is 2.42. The van der Waals surface area contributed by atoms with Crippen molar-refractivity contribution >= 4 is 29.1 Å². The van der Waals surface area contributed by atoms with Gasteiger partial charge in [-0.2, -0.15) is 13.2 Å². The molecule has 1 atom stereocenters. The van der Waals surface area contributed by atoms with Crippen LogP contribution < -0.4 is 16.0 Å². The molecule has 0 saturated heterocycles. The highest BCUT2D eigenvalue weighted by molar-refractivity contribution is 6.33. The zero-order chi connectivity index (χ0) is 29.5. The van der Waals surface area contributed by atoms with Crippen LogP contribution in [0.15, 0.2) is 70.0 Å². The van der Waals surface area contributed by atoms with Gasteiger partial charge in [-0.05, 0) is 86.3 Å². The van der Waals surface area contributed by atoms with Gasteiger partial charge in [0.05, 0.1) is 16.6 Å². The molecule has 1 amide bonds. The minimum atomic E-state index is -4.43. The number of halogens is 4. The van der Waals surface area contributed by atoms with Crippen LogP contribution in [0, 0.1) is 0 Å². The summed E-state index contributed by atoms with van der Waals surface area (Å²) in [5.74, 6) is -0.495. The number of rotatable bonds is 4. The molecule has 0 radical (unpaired) electrons. The average Bonchev–Trinajstić information content (AvgIpc) is 3.33. The standard InChI is InChI=1S/C29H26ClF3N4O4/c1-28(2,3)40-26(38)34-23-12-13-37(19-9-10-20(22(30)15-19)25-35-27(39)41-36-25)24-11-6-17(14-21(23)24)16-4-7-18(8-5-16)29(31,32)33/h4-11,14-15,23H,12-13H2,1-3H3,(H,34,38)(H,35,36,39). The monoisotopic (exact) mass is 586 g/mol. The molecule has 1 unspecified atom stereocenters. The van der Waals surface area contributed by atoms with Crippen LogP contribution in [0.25, 0.3) is 22.5 Å². The van der Waals surface area contributed by atoms with Crippen molar-refractivity contribution in [2.24, 2.45) is 0 Å². The third-order valence-electron chi connectivity index (χ3n) is 6.53. The average molecular weight is 587 g/mol. The minimum Gasteiger partial charge on any atom is -0.444 e. The molecule has 0 fully saturated rings. The molecule has 4 aromatic rings. The Morgan fingerprint density at radius 2 is 1.78 bits per heavy atom. The van der Waals surface area contributed by atoms with Gasteiger partial charge in [0.25, 0.3) is 0 Å². The number of aromatic nitrogens is 2. The Bertz CT molecular complexity index is 1640.